The van der Waals surface area contributed by atoms with Gasteiger partial charge in [-0.05, 0) is 20.9 Å². The monoisotopic (exact) mass is 245 g/mol. The lowest BCUT2D eigenvalue weighted by Gasteiger charge is -2.36. The highest BCUT2D eigenvalue weighted by atomic mass is 16.3. The average Bonchev–Trinajstić information content (AvgIpc) is 2.27. The van der Waals surface area contributed by atoms with Crippen molar-refractivity contribution < 1.29 is 15.0 Å². The van der Waals surface area contributed by atoms with Gasteiger partial charge in [0.05, 0.1) is 12.1 Å². The molecule has 17 heavy (non-hydrogen) atoms. The topological polar surface area (TPSA) is 60.8 Å². The number of nitrogens with zero attached hydrogens (tertiary/aromatic N) is 1. The summed E-state index contributed by atoms with van der Waals surface area (Å²) < 4.78 is 0. The number of hydrogen-bond donors (Lipinski definition) is 2. The number of aliphatic hydroxyl groups excluding tert-OH is 2. The SMILES string of the molecule is CC(C)C(=O)[C@H]([C@H](O)[C@H](C)CO)N(C)C(C)C. The van der Waals surface area contributed by atoms with Crippen LogP contribution in [0.15, 0.2) is 0 Å². The van der Waals surface area contributed by atoms with Crippen molar-refractivity contribution in [3.8, 4) is 0 Å². The number of likely N-dealkylation sites (N-methyl/N-ethyl adjacent to an activating group) is 1. The lowest BCUT2D eigenvalue weighted by atomic mass is 9.89. The van der Waals surface area contributed by atoms with Gasteiger partial charge in [0.15, 0.2) is 5.78 Å². The Morgan fingerprint density at radius 1 is 1.18 bits per heavy atom. The molecule has 4 heteroatoms. The molecule has 0 radical (unpaired) electrons. The zero-order valence-electron chi connectivity index (χ0n) is 11.8. The minimum absolute atomic E-state index is 0.0222. The van der Waals surface area contributed by atoms with Crippen molar-refractivity contribution in [1.82, 2.24) is 4.90 Å². The van der Waals surface area contributed by atoms with Crippen molar-refractivity contribution in [3.05, 3.63) is 0 Å². The quantitative estimate of drug-likeness (QED) is 0.700. The first kappa shape index (κ1) is 16.6. The third kappa shape index (κ3) is 4.37. The first-order chi connectivity index (χ1) is 7.73. The minimum Gasteiger partial charge on any atom is -0.396 e. The highest BCUT2D eigenvalue weighted by molar-refractivity contribution is 5.86. The Morgan fingerprint density at radius 2 is 1.65 bits per heavy atom. The van der Waals surface area contributed by atoms with E-state index in [0.29, 0.717) is 0 Å². The molecule has 0 unspecified atom stereocenters. The molecule has 0 rings (SSSR count). The molecule has 0 aromatic rings. The number of ketones is 1. The Labute approximate surface area is 105 Å². The van der Waals surface area contributed by atoms with Gasteiger partial charge in [-0.2, -0.15) is 0 Å². The van der Waals surface area contributed by atoms with Crippen molar-refractivity contribution >= 4 is 5.78 Å². The van der Waals surface area contributed by atoms with E-state index in [2.05, 4.69) is 0 Å². The number of Topliss-reactive ketones (excluding diaryl/α,β-unsaturated/α-hetero) is 1. The Kier molecular flexibility index (Phi) is 6.90. The Hall–Kier alpha value is -0.450. The van der Waals surface area contributed by atoms with Crippen LogP contribution in [0, 0.1) is 11.8 Å². The molecule has 4 nitrogen and oxygen atoms in total. The summed E-state index contributed by atoms with van der Waals surface area (Å²) in [5.74, 6) is -0.403. The lowest BCUT2D eigenvalue weighted by molar-refractivity contribution is -0.133. The van der Waals surface area contributed by atoms with Gasteiger partial charge in [-0.1, -0.05) is 20.8 Å². The van der Waals surface area contributed by atoms with Crippen LogP contribution in [0.25, 0.3) is 0 Å². The summed E-state index contributed by atoms with van der Waals surface area (Å²) in [5, 5.41) is 19.3. The Balaban J connectivity index is 5.04. The smallest absolute Gasteiger partial charge is 0.155 e. The van der Waals surface area contributed by atoms with Crippen LogP contribution >= 0.6 is 0 Å². The van der Waals surface area contributed by atoms with Gasteiger partial charge >= 0.3 is 0 Å². The largest absolute Gasteiger partial charge is 0.396 e. The van der Waals surface area contributed by atoms with Crippen LogP contribution in [-0.2, 0) is 4.79 Å². The second-order valence-electron chi connectivity index (χ2n) is 5.41. The number of rotatable bonds is 7. The maximum Gasteiger partial charge on any atom is 0.155 e. The Bertz CT molecular complexity index is 241. The number of carbonyl (C=O) groups is 1. The lowest BCUT2D eigenvalue weighted by Crippen LogP contribution is -2.53. The van der Waals surface area contributed by atoms with Crippen LogP contribution in [0.5, 0.6) is 0 Å². The molecule has 102 valence electrons. The molecule has 0 fully saturated rings. The van der Waals surface area contributed by atoms with E-state index in [9.17, 15) is 9.90 Å². The van der Waals surface area contributed by atoms with E-state index in [1.165, 1.54) is 0 Å². The van der Waals surface area contributed by atoms with Gasteiger partial charge in [0, 0.05) is 24.5 Å². The van der Waals surface area contributed by atoms with Crippen LogP contribution in [0.1, 0.15) is 34.6 Å². The predicted octanol–water partition coefficient (Wildman–Crippen LogP) is 0.910. The molecule has 0 spiro atoms. The maximum absolute atomic E-state index is 12.2. The van der Waals surface area contributed by atoms with Crippen LogP contribution in [0.3, 0.4) is 0 Å². The molecular weight excluding hydrogens is 218 g/mol. The zero-order valence-corrected chi connectivity index (χ0v) is 11.8. The van der Waals surface area contributed by atoms with Gasteiger partial charge in [-0.3, -0.25) is 9.69 Å². The standard InChI is InChI=1S/C13H27NO3/c1-8(2)12(16)11(14(6)9(3)4)13(17)10(5)7-15/h8-11,13,15,17H,7H2,1-6H3/t10-,11-,13-/m1/s1. The first-order valence-electron chi connectivity index (χ1n) is 6.28. The predicted molar refractivity (Wildman–Crippen MR) is 68.8 cm³/mol. The van der Waals surface area contributed by atoms with Crippen molar-refractivity contribution in [2.75, 3.05) is 13.7 Å². The molecule has 0 saturated heterocycles. The number of hydrogen-bond acceptors (Lipinski definition) is 4. The molecule has 0 bridgehead atoms. The molecule has 3 atom stereocenters. The molecular formula is C13H27NO3. The van der Waals surface area contributed by atoms with Crippen LogP contribution in [0.4, 0.5) is 0 Å². The molecule has 0 aliphatic carbocycles. The van der Waals surface area contributed by atoms with Crippen LogP contribution < -0.4 is 0 Å². The van der Waals surface area contributed by atoms with Crippen molar-refractivity contribution in [2.45, 2.75) is 52.8 Å². The van der Waals surface area contributed by atoms with Gasteiger partial charge < -0.3 is 10.2 Å². The average molecular weight is 245 g/mol. The third-order valence-electron chi connectivity index (χ3n) is 3.31. The van der Waals surface area contributed by atoms with E-state index in [0.717, 1.165) is 0 Å². The van der Waals surface area contributed by atoms with Crippen molar-refractivity contribution in [3.63, 3.8) is 0 Å². The van der Waals surface area contributed by atoms with Gasteiger partial charge in [-0.15, -0.1) is 0 Å². The first-order valence-corrected chi connectivity index (χ1v) is 6.28. The molecule has 2 N–H and O–H groups in total. The fraction of sp³-hybridized carbons (Fsp3) is 0.923. The third-order valence-corrected chi connectivity index (χ3v) is 3.31. The van der Waals surface area contributed by atoms with E-state index in [1.54, 1.807) is 6.92 Å². The molecule has 0 amide bonds. The zero-order chi connectivity index (χ0) is 13.7. The highest BCUT2D eigenvalue weighted by Crippen LogP contribution is 2.18. The summed E-state index contributed by atoms with van der Waals surface area (Å²) in [6.45, 7) is 9.27. The maximum atomic E-state index is 12.2. The summed E-state index contributed by atoms with van der Waals surface area (Å²) >= 11 is 0. The Morgan fingerprint density at radius 3 is 1.94 bits per heavy atom. The highest BCUT2D eigenvalue weighted by Gasteiger charge is 2.35. The van der Waals surface area contributed by atoms with Gasteiger partial charge in [0.1, 0.15) is 0 Å². The van der Waals surface area contributed by atoms with Crippen molar-refractivity contribution in [1.29, 1.82) is 0 Å². The minimum atomic E-state index is -0.831. The molecule has 0 aromatic carbocycles. The van der Waals surface area contributed by atoms with Gasteiger partial charge in [0.2, 0.25) is 0 Å². The van der Waals surface area contributed by atoms with E-state index in [1.807, 2.05) is 39.6 Å². The number of carbonyl (C=O) groups excluding carboxylic acids is 1. The van der Waals surface area contributed by atoms with E-state index >= 15 is 0 Å². The molecule has 0 aliphatic heterocycles. The van der Waals surface area contributed by atoms with Crippen molar-refractivity contribution in [2.24, 2.45) is 11.8 Å². The van der Waals surface area contributed by atoms with E-state index < -0.39 is 12.1 Å². The van der Waals surface area contributed by atoms with E-state index in [4.69, 9.17) is 5.11 Å². The molecule has 0 saturated carbocycles. The normalized spacial score (nSPS) is 17.6. The second-order valence-corrected chi connectivity index (χ2v) is 5.41. The summed E-state index contributed by atoms with van der Waals surface area (Å²) in [7, 11) is 1.84. The van der Waals surface area contributed by atoms with Gasteiger partial charge in [0.25, 0.3) is 0 Å². The summed E-state index contributed by atoms with van der Waals surface area (Å²) in [6.07, 6.45) is -0.831. The van der Waals surface area contributed by atoms with E-state index in [-0.39, 0.29) is 30.3 Å². The molecule has 0 aromatic heterocycles. The summed E-state index contributed by atoms with van der Waals surface area (Å²) in [5.41, 5.74) is 0. The van der Waals surface area contributed by atoms with Gasteiger partial charge in [-0.25, -0.2) is 0 Å². The van der Waals surface area contributed by atoms with Crippen LogP contribution in [-0.4, -0.2) is 52.7 Å². The molecule has 0 heterocycles. The van der Waals surface area contributed by atoms with Crippen LogP contribution in [0.2, 0.25) is 0 Å². The summed E-state index contributed by atoms with van der Waals surface area (Å²) in [4.78, 5) is 14.0. The summed E-state index contributed by atoms with van der Waals surface area (Å²) in [6, 6.07) is -0.375. The molecule has 0 aliphatic rings. The number of aliphatic hydroxyl groups is 2. The fourth-order valence-electron chi connectivity index (χ4n) is 1.69. The fourth-order valence-corrected chi connectivity index (χ4v) is 1.69. The second kappa shape index (κ2) is 7.09.